The maximum atomic E-state index is 12.5. The van der Waals surface area contributed by atoms with Crippen molar-refractivity contribution in [2.45, 2.75) is 25.9 Å². The molecule has 2 aromatic carbocycles. The third-order valence-corrected chi connectivity index (χ3v) is 5.52. The van der Waals surface area contributed by atoms with Crippen molar-refractivity contribution in [2.75, 3.05) is 24.7 Å². The predicted octanol–water partition coefficient (Wildman–Crippen LogP) is 3.38. The molecule has 1 heterocycles. The summed E-state index contributed by atoms with van der Waals surface area (Å²) in [5.41, 5.74) is 5.09. The van der Waals surface area contributed by atoms with Crippen molar-refractivity contribution in [1.82, 2.24) is 19.7 Å². The molecule has 2 amide bonds. The number of benzene rings is 2. The Morgan fingerprint density at radius 1 is 1.07 bits per heavy atom. The van der Waals surface area contributed by atoms with Crippen LogP contribution in [0, 0.1) is 20.8 Å². The number of anilines is 1. The number of thioether (sulfide) groups is 1. The van der Waals surface area contributed by atoms with Crippen LogP contribution >= 0.6 is 11.8 Å². The Labute approximate surface area is 180 Å². The van der Waals surface area contributed by atoms with Crippen LogP contribution in [0.5, 0.6) is 0 Å². The van der Waals surface area contributed by atoms with Crippen LogP contribution in [0.15, 0.2) is 53.9 Å². The van der Waals surface area contributed by atoms with Crippen LogP contribution in [0.4, 0.5) is 5.69 Å². The number of hydrogen-bond donors (Lipinski definition) is 1. The summed E-state index contributed by atoms with van der Waals surface area (Å²) >= 11 is 1.30. The molecule has 0 aliphatic heterocycles. The van der Waals surface area contributed by atoms with E-state index in [1.165, 1.54) is 22.2 Å². The molecular formula is C22H25N5O2S. The van der Waals surface area contributed by atoms with Crippen molar-refractivity contribution in [1.29, 1.82) is 0 Å². The molecule has 0 fully saturated rings. The Balaban J connectivity index is 1.56. The van der Waals surface area contributed by atoms with E-state index in [0.29, 0.717) is 10.8 Å². The Hall–Kier alpha value is -3.13. The van der Waals surface area contributed by atoms with Crippen LogP contribution in [-0.2, 0) is 9.59 Å². The molecule has 3 aromatic rings. The molecule has 7 nitrogen and oxygen atoms in total. The molecule has 8 heteroatoms. The normalized spacial score (nSPS) is 10.7. The molecule has 0 saturated heterocycles. The summed E-state index contributed by atoms with van der Waals surface area (Å²) in [7, 11) is 1.62. The van der Waals surface area contributed by atoms with Crippen LogP contribution in [0.1, 0.15) is 16.7 Å². The number of nitrogens with one attached hydrogen (secondary N) is 1. The summed E-state index contributed by atoms with van der Waals surface area (Å²) in [6, 6.07) is 13.7. The molecule has 0 aliphatic carbocycles. The van der Waals surface area contributed by atoms with Gasteiger partial charge in [-0.1, -0.05) is 47.2 Å². The van der Waals surface area contributed by atoms with E-state index >= 15 is 0 Å². The van der Waals surface area contributed by atoms with Gasteiger partial charge in [-0.15, -0.1) is 10.2 Å². The SMILES string of the molecule is Cc1ccc(NC(=O)CN(C)C(=O)CSc2nncn2-c2ccc(C)cc2C)cc1. The molecule has 0 atom stereocenters. The fourth-order valence-electron chi connectivity index (χ4n) is 2.94. The first-order chi connectivity index (χ1) is 14.3. The average molecular weight is 424 g/mol. The molecule has 0 unspecified atom stereocenters. The zero-order valence-electron chi connectivity index (χ0n) is 17.5. The van der Waals surface area contributed by atoms with Gasteiger partial charge in [0.05, 0.1) is 18.0 Å². The van der Waals surface area contributed by atoms with Crippen molar-refractivity contribution < 1.29 is 9.59 Å². The van der Waals surface area contributed by atoms with Crippen molar-refractivity contribution >= 4 is 29.3 Å². The number of carbonyl (C=O) groups is 2. The second-order valence-corrected chi connectivity index (χ2v) is 8.17. The maximum Gasteiger partial charge on any atom is 0.243 e. The number of amides is 2. The Kier molecular flexibility index (Phi) is 6.89. The van der Waals surface area contributed by atoms with Crippen LogP contribution in [0.2, 0.25) is 0 Å². The van der Waals surface area contributed by atoms with Crippen molar-refractivity contribution in [2.24, 2.45) is 0 Å². The highest BCUT2D eigenvalue weighted by molar-refractivity contribution is 7.99. The minimum Gasteiger partial charge on any atom is -0.336 e. The van der Waals surface area contributed by atoms with Crippen LogP contribution in [0.25, 0.3) is 5.69 Å². The lowest BCUT2D eigenvalue weighted by Gasteiger charge is -2.17. The van der Waals surface area contributed by atoms with Gasteiger partial charge < -0.3 is 10.2 Å². The monoisotopic (exact) mass is 423 g/mol. The van der Waals surface area contributed by atoms with Crippen LogP contribution < -0.4 is 5.32 Å². The minimum absolute atomic E-state index is 0.0168. The van der Waals surface area contributed by atoms with Gasteiger partial charge in [0, 0.05) is 12.7 Å². The number of nitrogens with zero attached hydrogens (tertiary/aromatic N) is 4. The zero-order valence-corrected chi connectivity index (χ0v) is 18.4. The van der Waals surface area contributed by atoms with Crippen molar-refractivity contribution in [3.63, 3.8) is 0 Å². The summed E-state index contributed by atoms with van der Waals surface area (Å²) in [6.45, 7) is 6.04. The van der Waals surface area contributed by atoms with E-state index in [4.69, 9.17) is 0 Å². The molecule has 0 spiro atoms. The van der Waals surface area contributed by atoms with Gasteiger partial charge in [0.15, 0.2) is 5.16 Å². The summed E-state index contributed by atoms with van der Waals surface area (Å²) in [5.74, 6) is -0.231. The number of hydrogen-bond acceptors (Lipinski definition) is 5. The van der Waals surface area contributed by atoms with Gasteiger partial charge >= 0.3 is 0 Å². The quantitative estimate of drug-likeness (QED) is 0.589. The van der Waals surface area contributed by atoms with Gasteiger partial charge in [-0.05, 0) is 44.5 Å². The third-order valence-electron chi connectivity index (χ3n) is 4.59. The average Bonchev–Trinajstić information content (AvgIpc) is 3.16. The molecule has 0 aliphatic rings. The first kappa shape index (κ1) is 21.6. The molecule has 0 bridgehead atoms. The largest absolute Gasteiger partial charge is 0.336 e. The Morgan fingerprint density at radius 3 is 2.47 bits per heavy atom. The Morgan fingerprint density at radius 2 is 1.77 bits per heavy atom. The van der Waals surface area contributed by atoms with Gasteiger partial charge in [-0.25, -0.2) is 0 Å². The van der Waals surface area contributed by atoms with E-state index in [1.807, 2.05) is 61.7 Å². The smallest absolute Gasteiger partial charge is 0.243 e. The number of aromatic nitrogens is 3. The lowest BCUT2D eigenvalue weighted by molar-refractivity contribution is -0.131. The van der Waals surface area contributed by atoms with E-state index in [1.54, 1.807) is 13.4 Å². The lowest BCUT2D eigenvalue weighted by Crippen LogP contribution is -2.36. The third kappa shape index (κ3) is 5.48. The molecule has 156 valence electrons. The maximum absolute atomic E-state index is 12.5. The number of rotatable bonds is 7. The number of carbonyl (C=O) groups excluding carboxylic acids is 2. The second-order valence-electron chi connectivity index (χ2n) is 7.23. The van der Waals surface area contributed by atoms with Gasteiger partial charge in [-0.3, -0.25) is 14.2 Å². The lowest BCUT2D eigenvalue weighted by atomic mass is 10.1. The van der Waals surface area contributed by atoms with Gasteiger partial charge in [0.25, 0.3) is 0 Å². The first-order valence-electron chi connectivity index (χ1n) is 9.54. The fourth-order valence-corrected chi connectivity index (χ4v) is 3.80. The number of likely N-dealkylation sites (N-methyl/N-ethyl adjacent to an activating group) is 1. The summed E-state index contributed by atoms with van der Waals surface area (Å²) in [6.07, 6.45) is 1.64. The molecule has 0 radical (unpaired) electrons. The van der Waals surface area contributed by atoms with Crippen LogP contribution in [0.3, 0.4) is 0 Å². The highest BCUT2D eigenvalue weighted by atomic mass is 32.2. The molecule has 0 saturated carbocycles. The van der Waals surface area contributed by atoms with E-state index in [0.717, 1.165) is 16.8 Å². The zero-order chi connectivity index (χ0) is 21.7. The van der Waals surface area contributed by atoms with Gasteiger partial charge in [-0.2, -0.15) is 0 Å². The second kappa shape index (κ2) is 9.58. The van der Waals surface area contributed by atoms with Crippen molar-refractivity contribution in [3.8, 4) is 5.69 Å². The van der Waals surface area contributed by atoms with E-state index in [9.17, 15) is 9.59 Å². The fraction of sp³-hybridized carbons (Fsp3) is 0.273. The Bertz CT molecular complexity index is 1050. The molecule has 1 aromatic heterocycles. The van der Waals surface area contributed by atoms with E-state index in [-0.39, 0.29) is 24.1 Å². The highest BCUT2D eigenvalue weighted by Crippen LogP contribution is 2.22. The molecule has 1 N–H and O–H groups in total. The van der Waals surface area contributed by atoms with Crippen molar-refractivity contribution in [3.05, 3.63) is 65.5 Å². The summed E-state index contributed by atoms with van der Waals surface area (Å²) < 4.78 is 1.87. The minimum atomic E-state index is -0.238. The standard InChI is InChI=1S/C22H25N5O2S/c1-15-5-8-18(9-6-15)24-20(28)12-26(4)21(29)13-30-22-25-23-14-27(22)19-10-7-16(2)11-17(19)3/h5-11,14H,12-13H2,1-4H3,(H,24,28). The topological polar surface area (TPSA) is 80.1 Å². The molecule has 3 rings (SSSR count). The number of aryl methyl sites for hydroxylation is 3. The molecule has 30 heavy (non-hydrogen) atoms. The predicted molar refractivity (Wildman–Crippen MR) is 119 cm³/mol. The van der Waals surface area contributed by atoms with Crippen LogP contribution in [-0.4, -0.2) is 50.8 Å². The highest BCUT2D eigenvalue weighted by Gasteiger charge is 2.16. The van der Waals surface area contributed by atoms with Gasteiger partial charge in [0.2, 0.25) is 11.8 Å². The molecular weight excluding hydrogens is 398 g/mol. The summed E-state index contributed by atoms with van der Waals surface area (Å²) in [4.78, 5) is 26.1. The van der Waals surface area contributed by atoms with E-state index in [2.05, 4.69) is 21.6 Å². The van der Waals surface area contributed by atoms with Gasteiger partial charge in [0.1, 0.15) is 6.33 Å². The first-order valence-corrected chi connectivity index (χ1v) is 10.5. The van der Waals surface area contributed by atoms with E-state index < -0.39 is 0 Å². The summed E-state index contributed by atoms with van der Waals surface area (Å²) in [5, 5.41) is 11.6.